The Morgan fingerprint density at radius 2 is 1.88 bits per heavy atom. The van der Waals surface area contributed by atoms with E-state index in [1.807, 2.05) is 0 Å². The van der Waals surface area contributed by atoms with E-state index in [0.717, 1.165) is 0 Å². The number of amides is 1. The van der Waals surface area contributed by atoms with Crippen LogP contribution in [-0.4, -0.2) is 25.1 Å². The van der Waals surface area contributed by atoms with Gasteiger partial charge in [-0.25, -0.2) is 4.98 Å². The number of carbonyl (C=O) groups is 1. The van der Waals surface area contributed by atoms with Crippen molar-refractivity contribution in [2.24, 2.45) is 0 Å². The fourth-order valence-corrected chi connectivity index (χ4v) is 4.20. The molecule has 4 aromatic rings. The maximum atomic E-state index is 13.6. The summed E-state index contributed by atoms with van der Waals surface area (Å²) in [6.45, 7) is 0. The molecule has 0 N–H and O–H groups in total. The summed E-state index contributed by atoms with van der Waals surface area (Å²) >= 11 is 6.13. The van der Waals surface area contributed by atoms with Gasteiger partial charge in [-0.3, -0.25) is 14.5 Å². The molecule has 2 aromatic carbocycles. The van der Waals surface area contributed by atoms with Gasteiger partial charge in [-0.2, -0.15) is 0 Å². The molecule has 7 nitrogen and oxygen atoms in total. The maximum absolute atomic E-state index is 13.6. The average Bonchev–Trinajstić information content (AvgIpc) is 3.12. The smallest absolute Gasteiger partial charge is 0.296 e. The fraction of sp³-hybridized carbons (Fsp3) is 0.125. The minimum atomic E-state index is -0.836. The minimum Gasteiger partial charge on any atom is -0.497 e. The van der Waals surface area contributed by atoms with Crippen molar-refractivity contribution in [2.45, 2.75) is 6.04 Å². The third kappa shape index (κ3) is 3.01. The van der Waals surface area contributed by atoms with Gasteiger partial charge in [0.25, 0.3) is 5.91 Å². The zero-order valence-corrected chi connectivity index (χ0v) is 17.9. The van der Waals surface area contributed by atoms with Gasteiger partial charge in [0.15, 0.2) is 5.43 Å². The summed E-state index contributed by atoms with van der Waals surface area (Å²) in [5.74, 6) is 0.909. The predicted molar refractivity (Wildman–Crippen MR) is 120 cm³/mol. The van der Waals surface area contributed by atoms with Crippen LogP contribution < -0.4 is 19.8 Å². The summed E-state index contributed by atoms with van der Waals surface area (Å²) in [6.07, 6.45) is 1.58. The number of fused-ring (bicyclic) bond motifs is 2. The van der Waals surface area contributed by atoms with Crippen LogP contribution in [0.4, 0.5) is 5.82 Å². The number of benzene rings is 2. The van der Waals surface area contributed by atoms with E-state index in [1.54, 1.807) is 61.8 Å². The van der Waals surface area contributed by atoms with Gasteiger partial charge in [0.05, 0.1) is 25.2 Å². The van der Waals surface area contributed by atoms with E-state index >= 15 is 0 Å². The van der Waals surface area contributed by atoms with E-state index in [-0.39, 0.29) is 22.3 Å². The second-order valence-corrected chi connectivity index (χ2v) is 7.62. The molecule has 160 valence electrons. The van der Waals surface area contributed by atoms with Gasteiger partial charge in [-0.05, 0) is 48.5 Å². The Bertz CT molecular complexity index is 1420. The molecule has 5 rings (SSSR count). The molecule has 32 heavy (non-hydrogen) atoms. The van der Waals surface area contributed by atoms with Crippen LogP contribution in [0, 0.1) is 0 Å². The number of pyridine rings is 1. The van der Waals surface area contributed by atoms with Crippen LogP contribution in [-0.2, 0) is 0 Å². The van der Waals surface area contributed by atoms with E-state index < -0.39 is 11.9 Å². The van der Waals surface area contributed by atoms with Gasteiger partial charge in [-0.1, -0.05) is 17.7 Å². The highest BCUT2D eigenvalue weighted by Gasteiger charge is 2.45. The Morgan fingerprint density at radius 3 is 2.59 bits per heavy atom. The van der Waals surface area contributed by atoms with Crippen molar-refractivity contribution in [2.75, 3.05) is 19.1 Å². The maximum Gasteiger partial charge on any atom is 0.296 e. The highest BCUT2D eigenvalue weighted by atomic mass is 35.5. The lowest BCUT2D eigenvalue weighted by molar-refractivity contribution is 0.0970. The Balaban J connectivity index is 1.86. The highest BCUT2D eigenvalue weighted by molar-refractivity contribution is 6.31. The molecule has 0 fully saturated rings. The van der Waals surface area contributed by atoms with E-state index in [0.29, 0.717) is 33.3 Å². The van der Waals surface area contributed by atoms with Gasteiger partial charge in [0, 0.05) is 16.8 Å². The monoisotopic (exact) mass is 448 g/mol. The first-order valence-electron chi connectivity index (χ1n) is 9.76. The number of anilines is 1. The van der Waals surface area contributed by atoms with Gasteiger partial charge in [-0.15, -0.1) is 0 Å². The molecule has 2 aromatic heterocycles. The second-order valence-electron chi connectivity index (χ2n) is 7.19. The standard InChI is InChI=1S/C24H17ClN2O5/c1-30-14-7-9-17(31-2)15(12-14)21-20-22(28)16-11-13(25)6-8-18(16)32-23(20)24(29)27(21)19-5-3-4-10-26-19/h3-12,21H,1-2H3/t21-/m0/s1. The van der Waals surface area contributed by atoms with Crippen molar-refractivity contribution in [3.05, 3.63) is 92.9 Å². The van der Waals surface area contributed by atoms with Crippen molar-refractivity contribution in [1.82, 2.24) is 4.98 Å². The number of aromatic nitrogens is 1. The van der Waals surface area contributed by atoms with Crippen LogP contribution in [0.25, 0.3) is 11.0 Å². The van der Waals surface area contributed by atoms with Crippen LogP contribution in [0.15, 0.2) is 70.0 Å². The summed E-state index contributed by atoms with van der Waals surface area (Å²) in [5.41, 5.74) is 0.705. The fourth-order valence-electron chi connectivity index (χ4n) is 4.02. The molecule has 1 atom stereocenters. The molecule has 0 unspecified atom stereocenters. The van der Waals surface area contributed by atoms with E-state index in [4.69, 9.17) is 25.5 Å². The number of methoxy groups -OCH3 is 2. The first-order chi connectivity index (χ1) is 15.5. The van der Waals surface area contributed by atoms with Crippen LogP contribution >= 0.6 is 11.6 Å². The number of nitrogens with zero attached hydrogens (tertiary/aromatic N) is 2. The van der Waals surface area contributed by atoms with Crippen molar-refractivity contribution in [3.63, 3.8) is 0 Å². The van der Waals surface area contributed by atoms with Crippen LogP contribution in [0.1, 0.15) is 27.7 Å². The molecule has 0 bridgehead atoms. The molecule has 1 aliphatic heterocycles. The lowest BCUT2D eigenvalue weighted by Gasteiger charge is -2.25. The number of carbonyl (C=O) groups excluding carboxylic acids is 1. The molecule has 0 saturated carbocycles. The summed E-state index contributed by atoms with van der Waals surface area (Å²) in [6, 6.07) is 14.3. The lowest BCUT2D eigenvalue weighted by atomic mass is 9.97. The van der Waals surface area contributed by atoms with Gasteiger partial charge in [0.1, 0.15) is 28.9 Å². The zero-order valence-electron chi connectivity index (χ0n) is 17.2. The summed E-state index contributed by atoms with van der Waals surface area (Å²) in [7, 11) is 3.07. The van der Waals surface area contributed by atoms with Crippen molar-refractivity contribution < 1.29 is 18.7 Å². The van der Waals surface area contributed by atoms with Crippen molar-refractivity contribution in [3.8, 4) is 11.5 Å². The Kier molecular flexibility index (Phi) is 4.83. The minimum absolute atomic E-state index is 0.0367. The quantitative estimate of drug-likeness (QED) is 0.453. The normalized spacial score (nSPS) is 15.2. The molecule has 0 aliphatic carbocycles. The molecule has 3 heterocycles. The number of hydrogen-bond acceptors (Lipinski definition) is 6. The largest absolute Gasteiger partial charge is 0.497 e. The van der Waals surface area contributed by atoms with Gasteiger partial charge < -0.3 is 13.9 Å². The van der Waals surface area contributed by atoms with E-state index in [9.17, 15) is 9.59 Å². The third-order valence-electron chi connectivity index (χ3n) is 5.46. The SMILES string of the molecule is COc1ccc(OC)c([C@H]2c3c(oc4ccc(Cl)cc4c3=O)C(=O)N2c2ccccn2)c1. The molecular formula is C24H17ClN2O5. The number of rotatable bonds is 4. The number of halogens is 1. The first kappa shape index (κ1) is 20.1. The molecule has 1 amide bonds. The van der Waals surface area contributed by atoms with E-state index in [2.05, 4.69) is 4.98 Å². The zero-order chi connectivity index (χ0) is 22.4. The molecule has 8 heteroatoms. The van der Waals surface area contributed by atoms with Crippen LogP contribution in [0.5, 0.6) is 11.5 Å². The van der Waals surface area contributed by atoms with Gasteiger partial charge >= 0.3 is 0 Å². The average molecular weight is 449 g/mol. The number of hydrogen-bond donors (Lipinski definition) is 0. The Hall–Kier alpha value is -3.84. The first-order valence-corrected chi connectivity index (χ1v) is 10.1. The van der Waals surface area contributed by atoms with Crippen molar-refractivity contribution >= 4 is 34.3 Å². The van der Waals surface area contributed by atoms with Gasteiger partial charge in [0.2, 0.25) is 5.76 Å². The van der Waals surface area contributed by atoms with E-state index in [1.165, 1.54) is 18.1 Å². The summed E-state index contributed by atoms with van der Waals surface area (Å²) < 4.78 is 16.9. The molecule has 0 saturated heterocycles. The highest BCUT2D eigenvalue weighted by Crippen LogP contribution is 2.44. The molecular weight excluding hydrogens is 432 g/mol. The van der Waals surface area contributed by atoms with Crippen LogP contribution in [0.3, 0.4) is 0 Å². The number of ether oxygens (including phenoxy) is 2. The Labute approximate surface area is 187 Å². The third-order valence-corrected chi connectivity index (χ3v) is 5.69. The van der Waals surface area contributed by atoms with Crippen LogP contribution in [0.2, 0.25) is 5.02 Å². The molecule has 0 radical (unpaired) electrons. The Morgan fingerprint density at radius 1 is 1.03 bits per heavy atom. The topological polar surface area (TPSA) is 81.9 Å². The molecule has 1 aliphatic rings. The molecule has 0 spiro atoms. The second kappa shape index (κ2) is 7.69. The summed E-state index contributed by atoms with van der Waals surface area (Å²) in [5, 5.41) is 0.685. The predicted octanol–water partition coefficient (Wildman–Crippen LogP) is 4.61. The lowest BCUT2D eigenvalue weighted by Crippen LogP contribution is -2.30. The summed E-state index contributed by atoms with van der Waals surface area (Å²) in [4.78, 5) is 33.0. The van der Waals surface area contributed by atoms with Crippen molar-refractivity contribution in [1.29, 1.82) is 0 Å².